The van der Waals surface area contributed by atoms with Crippen LogP contribution in [0.3, 0.4) is 0 Å². The molecular weight excluding hydrogens is 379 g/mol. The Morgan fingerprint density at radius 2 is 2.04 bits per heavy atom. The van der Waals surface area contributed by atoms with Crippen molar-refractivity contribution >= 4 is 28.6 Å². The summed E-state index contributed by atoms with van der Waals surface area (Å²) in [5, 5.41) is 7.31. The molecule has 140 valence electrons. The number of thiophene rings is 2. The third kappa shape index (κ3) is 3.98. The van der Waals surface area contributed by atoms with Gasteiger partial charge in [0, 0.05) is 21.7 Å². The van der Waals surface area contributed by atoms with Crippen molar-refractivity contribution in [2.24, 2.45) is 0 Å². The van der Waals surface area contributed by atoms with Gasteiger partial charge < -0.3 is 10.2 Å². The summed E-state index contributed by atoms with van der Waals surface area (Å²) in [6, 6.07) is 12.6. The maximum Gasteiger partial charge on any atom is 0.275 e. The Morgan fingerprint density at radius 3 is 2.78 bits per heavy atom. The minimum absolute atomic E-state index is 0.0262. The highest BCUT2D eigenvalue weighted by Crippen LogP contribution is 2.27. The van der Waals surface area contributed by atoms with Crippen LogP contribution in [0.5, 0.6) is 0 Å². The average molecular weight is 402 g/mol. The molecule has 3 atom stereocenters. The Labute approximate surface area is 166 Å². The molecule has 0 radical (unpaired) electrons. The van der Waals surface area contributed by atoms with Gasteiger partial charge in [-0.2, -0.15) is 0 Å². The summed E-state index contributed by atoms with van der Waals surface area (Å²) >= 11 is 3.41. The topological polar surface area (TPSA) is 33.5 Å². The summed E-state index contributed by atoms with van der Waals surface area (Å²) in [5.41, 5.74) is 2.27. The summed E-state index contributed by atoms with van der Waals surface area (Å²) in [6.07, 6.45) is 1.03. The van der Waals surface area contributed by atoms with Crippen LogP contribution in [0.1, 0.15) is 39.9 Å². The molecule has 0 fully saturated rings. The van der Waals surface area contributed by atoms with Crippen molar-refractivity contribution in [3.05, 3.63) is 79.9 Å². The van der Waals surface area contributed by atoms with Gasteiger partial charge in [0.25, 0.3) is 5.91 Å². The fourth-order valence-electron chi connectivity index (χ4n) is 3.74. The third-order valence-electron chi connectivity index (χ3n) is 5.26. The van der Waals surface area contributed by atoms with Gasteiger partial charge >= 0.3 is 0 Å². The van der Waals surface area contributed by atoms with Crippen LogP contribution >= 0.6 is 22.7 Å². The molecule has 4 rings (SSSR count). The number of hydrogen-bond acceptors (Lipinski definition) is 3. The summed E-state index contributed by atoms with van der Waals surface area (Å²) in [6.45, 7) is 3.62. The van der Waals surface area contributed by atoms with Gasteiger partial charge in [0.1, 0.15) is 11.9 Å². The second-order valence-electron chi connectivity index (χ2n) is 6.92. The zero-order chi connectivity index (χ0) is 18.8. The molecule has 2 N–H and O–H groups in total. The summed E-state index contributed by atoms with van der Waals surface area (Å²) < 4.78 is 13.3. The zero-order valence-corrected chi connectivity index (χ0v) is 16.7. The predicted molar refractivity (Wildman–Crippen MR) is 108 cm³/mol. The standard InChI is InChI=1S/C21H21FN2OS2/c1-14-17-9-12-27-18(17)8-10-24(14)13-20(25)23-21(19-3-2-11-26-19)15-4-6-16(22)7-5-15/h2-7,9,11-12,14,21H,8,10,13H2,1H3,(H,23,25)/p+1/t14-,21-/m0/s1. The fourth-order valence-corrected chi connectivity index (χ4v) is 5.52. The molecule has 27 heavy (non-hydrogen) atoms. The van der Waals surface area contributed by atoms with Crippen LogP contribution in [-0.2, 0) is 11.2 Å². The van der Waals surface area contributed by atoms with Crippen molar-refractivity contribution in [1.29, 1.82) is 0 Å². The normalized spacial score (nSPS) is 20.1. The quantitative estimate of drug-likeness (QED) is 0.675. The Bertz CT molecular complexity index is 905. The van der Waals surface area contributed by atoms with Gasteiger partial charge in [-0.15, -0.1) is 22.7 Å². The predicted octanol–water partition coefficient (Wildman–Crippen LogP) is 3.36. The highest BCUT2D eigenvalue weighted by molar-refractivity contribution is 7.10. The first-order chi connectivity index (χ1) is 13.1. The lowest BCUT2D eigenvalue weighted by molar-refractivity contribution is -0.924. The van der Waals surface area contributed by atoms with E-state index in [2.05, 4.69) is 23.7 Å². The first-order valence-corrected chi connectivity index (χ1v) is 10.9. The maximum atomic E-state index is 13.3. The number of fused-ring (bicyclic) bond motifs is 1. The second kappa shape index (κ2) is 7.92. The smallest absolute Gasteiger partial charge is 0.275 e. The van der Waals surface area contributed by atoms with Crippen molar-refractivity contribution in [3.63, 3.8) is 0 Å². The van der Waals surface area contributed by atoms with Crippen LogP contribution < -0.4 is 10.2 Å². The fraction of sp³-hybridized carbons (Fsp3) is 0.286. The average Bonchev–Trinajstić information content (AvgIpc) is 3.35. The van der Waals surface area contributed by atoms with E-state index in [1.807, 2.05) is 28.8 Å². The van der Waals surface area contributed by atoms with Gasteiger partial charge in [0.15, 0.2) is 6.54 Å². The zero-order valence-electron chi connectivity index (χ0n) is 15.1. The van der Waals surface area contributed by atoms with Crippen LogP contribution in [-0.4, -0.2) is 19.0 Å². The minimum Gasteiger partial charge on any atom is -0.339 e. The molecular formula is C21H22FN2OS2+. The second-order valence-corrected chi connectivity index (χ2v) is 8.90. The molecule has 1 aliphatic rings. The van der Waals surface area contributed by atoms with Crippen molar-refractivity contribution in [2.75, 3.05) is 13.1 Å². The lowest BCUT2D eigenvalue weighted by atomic mass is 10.0. The number of halogens is 1. The van der Waals surface area contributed by atoms with E-state index >= 15 is 0 Å². The lowest BCUT2D eigenvalue weighted by Gasteiger charge is -2.30. The number of benzene rings is 1. The van der Waals surface area contributed by atoms with E-state index in [1.165, 1.54) is 27.5 Å². The molecule has 0 saturated carbocycles. The molecule has 3 aromatic rings. The van der Waals surface area contributed by atoms with E-state index in [1.54, 1.807) is 23.5 Å². The Kier molecular flexibility index (Phi) is 5.38. The van der Waals surface area contributed by atoms with E-state index in [0.29, 0.717) is 12.6 Å². The minimum atomic E-state index is -0.270. The Balaban J connectivity index is 1.48. The van der Waals surface area contributed by atoms with E-state index < -0.39 is 0 Å². The number of rotatable bonds is 5. The SMILES string of the molecule is C[C@H]1c2ccsc2CC[NH+]1CC(=O)N[C@@H](c1ccc(F)cc1)c1cccs1. The molecule has 3 nitrogen and oxygen atoms in total. The number of nitrogens with one attached hydrogen (secondary N) is 2. The number of carbonyl (C=O) groups excluding carboxylic acids is 1. The van der Waals surface area contributed by atoms with Crippen LogP contribution in [0.4, 0.5) is 4.39 Å². The van der Waals surface area contributed by atoms with E-state index in [-0.39, 0.29) is 17.8 Å². The number of hydrogen-bond donors (Lipinski definition) is 2. The number of amides is 1. The van der Waals surface area contributed by atoms with Gasteiger partial charge in [0.2, 0.25) is 0 Å². The largest absolute Gasteiger partial charge is 0.339 e. The van der Waals surface area contributed by atoms with Crippen molar-refractivity contribution < 1.29 is 14.1 Å². The molecule has 3 heterocycles. The molecule has 0 spiro atoms. The number of quaternary nitrogens is 1. The van der Waals surface area contributed by atoms with Crippen LogP contribution in [0.2, 0.25) is 0 Å². The van der Waals surface area contributed by atoms with E-state index in [0.717, 1.165) is 23.4 Å². The van der Waals surface area contributed by atoms with Gasteiger partial charge in [-0.3, -0.25) is 4.79 Å². The highest BCUT2D eigenvalue weighted by Gasteiger charge is 2.30. The molecule has 0 saturated heterocycles. The monoisotopic (exact) mass is 401 g/mol. The van der Waals surface area contributed by atoms with Gasteiger partial charge in [-0.05, 0) is 47.5 Å². The summed E-state index contributed by atoms with van der Waals surface area (Å²) in [4.78, 5) is 16.7. The highest BCUT2D eigenvalue weighted by atomic mass is 32.1. The van der Waals surface area contributed by atoms with Gasteiger partial charge in [-0.25, -0.2) is 4.39 Å². The Morgan fingerprint density at radius 1 is 1.22 bits per heavy atom. The van der Waals surface area contributed by atoms with Gasteiger partial charge in [-0.1, -0.05) is 18.2 Å². The van der Waals surface area contributed by atoms with Crippen LogP contribution in [0.15, 0.2) is 53.2 Å². The number of carbonyl (C=O) groups is 1. The summed E-state index contributed by atoms with van der Waals surface area (Å²) in [5.74, 6) is -0.244. The van der Waals surface area contributed by atoms with Crippen molar-refractivity contribution in [2.45, 2.75) is 25.4 Å². The molecule has 1 unspecified atom stereocenters. The first-order valence-electron chi connectivity index (χ1n) is 9.11. The summed E-state index contributed by atoms with van der Waals surface area (Å²) in [7, 11) is 0. The van der Waals surface area contributed by atoms with E-state index in [9.17, 15) is 9.18 Å². The molecule has 1 aromatic carbocycles. The molecule has 1 aliphatic heterocycles. The Hall–Kier alpha value is -2.02. The molecule has 0 bridgehead atoms. The molecule has 0 aliphatic carbocycles. The van der Waals surface area contributed by atoms with Crippen LogP contribution in [0, 0.1) is 5.82 Å². The maximum absolute atomic E-state index is 13.3. The van der Waals surface area contributed by atoms with Crippen molar-refractivity contribution in [3.8, 4) is 0 Å². The third-order valence-corrected chi connectivity index (χ3v) is 7.19. The first kappa shape index (κ1) is 18.3. The van der Waals surface area contributed by atoms with Gasteiger partial charge in [0.05, 0.1) is 12.6 Å². The van der Waals surface area contributed by atoms with E-state index in [4.69, 9.17) is 0 Å². The molecule has 1 amide bonds. The lowest BCUT2D eigenvalue weighted by Crippen LogP contribution is -3.14. The molecule has 2 aromatic heterocycles. The van der Waals surface area contributed by atoms with Crippen LogP contribution in [0.25, 0.3) is 0 Å². The molecule has 6 heteroatoms. The van der Waals surface area contributed by atoms with Crippen molar-refractivity contribution in [1.82, 2.24) is 5.32 Å².